The third-order valence-corrected chi connectivity index (χ3v) is 5.76. The van der Waals surface area contributed by atoms with E-state index in [9.17, 15) is 10.1 Å². The van der Waals surface area contributed by atoms with Crippen LogP contribution in [0.5, 0.6) is 11.6 Å². The summed E-state index contributed by atoms with van der Waals surface area (Å²) < 4.78 is 13.7. The topological polar surface area (TPSA) is 115 Å². The van der Waals surface area contributed by atoms with Crippen molar-refractivity contribution < 1.29 is 14.3 Å². The number of nitrogens with zero attached hydrogens (tertiary/aromatic N) is 3. The predicted molar refractivity (Wildman–Crippen MR) is 124 cm³/mol. The van der Waals surface area contributed by atoms with E-state index in [1.807, 2.05) is 42.9 Å². The van der Waals surface area contributed by atoms with Crippen molar-refractivity contribution in [2.24, 2.45) is 5.73 Å². The number of primary amides is 1. The van der Waals surface area contributed by atoms with E-state index in [2.05, 4.69) is 16.4 Å². The molecule has 1 amide bonds. The molecule has 8 heteroatoms. The predicted octanol–water partition coefficient (Wildman–Crippen LogP) is 3.47. The largest absolute Gasteiger partial charge is 0.496 e. The molecule has 0 spiro atoms. The van der Waals surface area contributed by atoms with Gasteiger partial charge >= 0.3 is 0 Å². The van der Waals surface area contributed by atoms with Crippen LogP contribution in [-0.4, -0.2) is 29.2 Å². The third kappa shape index (κ3) is 4.13. The Labute approximate surface area is 192 Å². The van der Waals surface area contributed by atoms with E-state index in [4.69, 9.17) is 15.2 Å². The van der Waals surface area contributed by atoms with Crippen molar-refractivity contribution in [3.63, 3.8) is 0 Å². The second-order valence-corrected chi connectivity index (χ2v) is 7.83. The van der Waals surface area contributed by atoms with Gasteiger partial charge in [-0.2, -0.15) is 5.26 Å². The average molecular weight is 444 g/mol. The second-order valence-electron chi connectivity index (χ2n) is 7.83. The summed E-state index contributed by atoms with van der Waals surface area (Å²) in [6.07, 6.45) is 5.67. The first-order valence-corrected chi connectivity index (χ1v) is 10.5. The maximum Gasteiger partial charge on any atom is 0.247 e. The number of carbonyl (C=O) groups is 1. The van der Waals surface area contributed by atoms with Gasteiger partial charge in [0, 0.05) is 35.4 Å². The number of rotatable bonds is 7. The zero-order valence-corrected chi connectivity index (χ0v) is 18.8. The maximum atomic E-state index is 12.6. The number of nitriles is 1. The van der Waals surface area contributed by atoms with Gasteiger partial charge in [0.05, 0.1) is 42.5 Å². The fraction of sp³-hybridized carbons (Fsp3) is 0.240. The fourth-order valence-corrected chi connectivity index (χ4v) is 4.20. The summed E-state index contributed by atoms with van der Waals surface area (Å²) in [7, 11) is 1.53. The monoisotopic (exact) mass is 443 g/mol. The van der Waals surface area contributed by atoms with Crippen molar-refractivity contribution in [1.82, 2.24) is 9.55 Å². The van der Waals surface area contributed by atoms with Gasteiger partial charge in [-0.25, -0.2) is 4.98 Å². The summed E-state index contributed by atoms with van der Waals surface area (Å²) in [5.41, 5.74) is 10.5. The molecule has 1 atom stereocenters. The van der Waals surface area contributed by atoms with Crippen molar-refractivity contribution in [3.05, 3.63) is 82.4 Å². The number of pyridine rings is 1. The highest BCUT2D eigenvalue weighted by Gasteiger charge is 2.37. The Morgan fingerprint density at radius 2 is 2.06 bits per heavy atom. The summed E-state index contributed by atoms with van der Waals surface area (Å²) in [4.78, 5) is 17.2. The minimum atomic E-state index is -0.574. The number of anilines is 1. The number of nitrogens with two attached hydrogens (primary N) is 1. The van der Waals surface area contributed by atoms with Crippen LogP contribution in [0.4, 0.5) is 5.69 Å². The average Bonchev–Trinajstić information content (AvgIpc) is 3.33. The van der Waals surface area contributed by atoms with Gasteiger partial charge in [0.2, 0.25) is 11.8 Å². The van der Waals surface area contributed by atoms with Crippen LogP contribution in [0.3, 0.4) is 0 Å². The van der Waals surface area contributed by atoms with Crippen LogP contribution in [0.25, 0.3) is 0 Å². The van der Waals surface area contributed by atoms with Gasteiger partial charge < -0.3 is 25.1 Å². The lowest BCUT2D eigenvalue weighted by molar-refractivity contribution is -0.114. The molecule has 3 heterocycles. The Bertz CT molecular complexity index is 1270. The molecule has 1 aliphatic rings. The summed E-state index contributed by atoms with van der Waals surface area (Å²) in [6, 6.07) is 11.2. The minimum absolute atomic E-state index is 0.392. The SMILES string of the molecule is COc1cc(C#N)ccc1[C@H]1C(C(N)=O)=C(C)Nc2c(C)cnc(OCCn3cccc3)c21. The van der Waals surface area contributed by atoms with Crippen molar-refractivity contribution in [3.8, 4) is 17.7 Å². The minimum Gasteiger partial charge on any atom is -0.496 e. The first kappa shape index (κ1) is 22.0. The Hall–Kier alpha value is -4.25. The molecular weight excluding hydrogens is 418 g/mol. The number of amides is 1. The molecule has 0 unspecified atom stereocenters. The highest BCUT2D eigenvalue weighted by molar-refractivity contribution is 5.98. The Balaban J connectivity index is 1.86. The lowest BCUT2D eigenvalue weighted by Crippen LogP contribution is -2.29. The first-order chi connectivity index (χ1) is 15.9. The molecule has 0 aliphatic carbocycles. The lowest BCUT2D eigenvalue weighted by atomic mass is 9.79. The highest BCUT2D eigenvalue weighted by Crippen LogP contribution is 2.48. The van der Waals surface area contributed by atoms with Crippen LogP contribution < -0.4 is 20.5 Å². The number of aryl methyl sites for hydroxylation is 1. The number of hydrogen-bond donors (Lipinski definition) is 2. The summed E-state index contributed by atoms with van der Waals surface area (Å²) in [5.74, 6) is -0.228. The number of allylic oxidation sites excluding steroid dienone is 1. The van der Waals surface area contributed by atoms with Crippen molar-refractivity contribution >= 4 is 11.6 Å². The van der Waals surface area contributed by atoms with Crippen LogP contribution in [0.1, 0.15) is 35.1 Å². The summed E-state index contributed by atoms with van der Waals surface area (Å²) in [5, 5.41) is 12.6. The quantitative estimate of drug-likeness (QED) is 0.578. The fourth-order valence-electron chi connectivity index (χ4n) is 4.20. The van der Waals surface area contributed by atoms with Crippen LogP contribution in [0.2, 0.25) is 0 Å². The molecule has 1 aromatic carbocycles. The summed E-state index contributed by atoms with van der Waals surface area (Å²) >= 11 is 0. The molecule has 33 heavy (non-hydrogen) atoms. The number of fused-ring (bicyclic) bond motifs is 1. The molecule has 1 aliphatic heterocycles. The molecule has 0 saturated carbocycles. The molecule has 3 aromatic rings. The zero-order valence-electron chi connectivity index (χ0n) is 18.8. The van der Waals surface area contributed by atoms with Crippen molar-refractivity contribution in [1.29, 1.82) is 5.26 Å². The molecule has 4 rings (SSSR count). The van der Waals surface area contributed by atoms with Gasteiger partial charge in [-0.3, -0.25) is 4.79 Å². The van der Waals surface area contributed by atoms with Gasteiger partial charge in [-0.05, 0) is 43.7 Å². The maximum absolute atomic E-state index is 12.6. The van der Waals surface area contributed by atoms with E-state index in [1.165, 1.54) is 7.11 Å². The highest BCUT2D eigenvalue weighted by atomic mass is 16.5. The van der Waals surface area contributed by atoms with Gasteiger partial charge in [0.1, 0.15) is 12.4 Å². The lowest BCUT2D eigenvalue weighted by Gasteiger charge is -2.32. The van der Waals surface area contributed by atoms with Crippen LogP contribution >= 0.6 is 0 Å². The van der Waals surface area contributed by atoms with Gasteiger partial charge in [0.25, 0.3) is 0 Å². The molecule has 0 bridgehead atoms. The number of methoxy groups -OCH3 is 1. The molecule has 0 fully saturated rings. The molecule has 0 radical (unpaired) electrons. The molecular formula is C25H25N5O3. The van der Waals surface area contributed by atoms with Crippen molar-refractivity contribution in [2.75, 3.05) is 19.0 Å². The number of hydrogen-bond acceptors (Lipinski definition) is 6. The van der Waals surface area contributed by atoms with E-state index >= 15 is 0 Å². The molecule has 3 N–H and O–H groups in total. The molecule has 8 nitrogen and oxygen atoms in total. The molecule has 2 aromatic heterocycles. The van der Waals surface area contributed by atoms with E-state index in [-0.39, 0.29) is 0 Å². The van der Waals surface area contributed by atoms with E-state index < -0.39 is 11.8 Å². The third-order valence-electron chi connectivity index (χ3n) is 5.76. The number of nitrogens with one attached hydrogen (secondary N) is 1. The number of carbonyl (C=O) groups excluding carboxylic acids is 1. The van der Waals surface area contributed by atoms with E-state index in [0.717, 1.165) is 11.3 Å². The summed E-state index contributed by atoms with van der Waals surface area (Å²) in [6.45, 7) is 4.80. The van der Waals surface area contributed by atoms with E-state index in [0.29, 0.717) is 52.7 Å². The molecule has 168 valence electrons. The van der Waals surface area contributed by atoms with Crippen LogP contribution in [0.15, 0.2) is 60.2 Å². The van der Waals surface area contributed by atoms with Gasteiger partial charge in [-0.15, -0.1) is 0 Å². The Kier molecular flexibility index (Phi) is 6.05. The number of ether oxygens (including phenoxy) is 2. The number of aromatic nitrogens is 2. The van der Waals surface area contributed by atoms with Gasteiger partial charge in [0.15, 0.2) is 0 Å². The smallest absolute Gasteiger partial charge is 0.247 e. The van der Waals surface area contributed by atoms with E-state index in [1.54, 1.807) is 24.4 Å². The second kappa shape index (κ2) is 9.09. The Morgan fingerprint density at radius 1 is 1.30 bits per heavy atom. The standard InChI is InChI=1S/C25H25N5O3/c1-15-14-28-25(33-11-10-30-8-4-5-9-30)22-21(20(24(27)31)16(2)29-23(15)22)18-7-6-17(13-26)12-19(18)32-3/h4-9,12,14,21,29H,10-11H2,1-3H3,(H2,27,31)/t21-/m0/s1. The van der Waals surface area contributed by atoms with Crippen LogP contribution in [0, 0.1) is 18.3 Å². The Morgan fingerprint density at radius 3 is 2.73 bits per heavy atom. The molecule has 0 saturated heterocycles. The van der Waals surface area contributed by atoms with Crippen LogP contribution in [-0.2, 0) is 11.3 Å². The zero-order chi connectivity index (χ0) is 23.5. The van der Waals surface area contributed by atoms with Crippen molar-refractivity contribution in [2.45, 2.75) is 26.3 Å². The normalized spacial score (nSPS) is 14.8. The first-order valence-electron chi connectivity index (χ1n) is 10.5. The van der Waals surface area contributed by atoms with Gasteiger partial charge in [-0.1, -0.05) is 6.07 Å². The number of benzene rings is 1.